The van der Waals surface area contributed by atoms with Crippen LogP contribution >= 0.6 is 0 Å². The summed E-state index contributed by atoms with van der Waals surface area (Å²) in [5, 5.41) is 0. The van der Waals surface area contributed by atoms with Gasteiger partial charge in [0.1, 0.15) is 5.82 Å². The van der Waals surface area contributed by atoms with Crippen molar-refractivity contribution in [2.75, 3.05) is 33.1 Å². The fraction of sp³-hybridized carbons (Fsp3) is 0.400. The van der Waals surface area contributed by atoms with E-state index in [9.17, 15) is 4.79 Å². The Bertz CT molecular complexity index is 334. The molecule has 1 aromatic rings. The van der Waals surface area contributed by atoms with Gasteiger partial charge < -0.3 is 9.80 Å². The highest BCUT2D eigenvalue weighted by Crippen LogP contribution is 2.10. The molecule has 0 aliphatic carbocycles. The Morgan fingerprint density at radius 1 is 1.29 bits per heavy atom. The van der Waals surface area contributed by atoms with Crippen molar-refractivity contribution >= 4 is 11.7 Å². The van der Waals surface area contributed by atoms with Crippen LogP contribution in [0.1, 0.15) is 10.4 Å². The van der Waals surface area contributed by atoms with Crippen molar-refractivity contribution < 1.29 is 4.79 Å². The number of rotatable bonds is 2. The van der Waals surface area contributed by atoms with E-state index in [1.165, 1.54) is 0 Å². The molecule has 1 aromatic heterocycles. The molecule has 0 bridgehead atoms. The molecule has 0 radical (unpaired) electrons. The molecule has 0 unspecified atom stereocenters. The predicted molar refractivity (Wildman–Crippen MR) is 56.6 cm³/mol. The second-order valence-corrected chi connectivity index (χ2v) is 3.50. The highest BCUT2D eigenvalue weighted by atomic mass is 16.2. The lowest BCUT2D eigenvalue weighted by Gasteiger charge is -2.14. The summed E-state index contributed by atoms with van der Waals surface area (Å²) in [6, 6.07) is 3.50. The standard InChI is InChI=1S/C10H15N3O/c1-12(2)9-7-8(5-6-11-9)10(14)13(3)4/h5-7H,1-4H3. The largest absolute Gasteiger partial charge is 0.363 e. The van der Waals surface area contributed by atoms with Gasteiger partial charge in [-0.2, -0.15) is 0 Å². The number of amides is 1. The molecule has 0 aliphatic heterocycles. The third kappa shape index (κ3) is 2.22. The molecule has 0 saturated carbocycles. The van der Waals surface area contributed by atoms with Crippen molar-refractivity contribution in [3.05, 3.63) is 23.9 Å². The monoisotopic (exact) mass is 193 g/mol. The van der Waals surface area contributed by atoms with Gasteiger partial charge in [-0.3, -0.25) is 4.79 Å². The summed E-state index contributed by atoms with van der Waals surface area (Å²) < 4.78 is 0. The van der Waals surface area contributed by atoms with Crippen LogP contribution in [0.2, 0.25) is 0 Å². The average molecular weight is 193 g/mol. The summed E-state index contributed by atoms with van der Waals surface area (Å²) in [6.45, 7) is 0. The van der Waals surface area contributed by atoms with Gasteiger partial charge >= 0.3 is 0 Å². The number of aromatic nitrogens is 1. The molecule has 0 aliphatic rings. The first kappa shape index (κ1) is 10.5. The molecule has 4 nitrogen and oxygen atoms in total. The van der Waals surface area contributed by atoms with Crippen molar-refractivity contribution in [2.24, 2.45) is 0 Å². The number of hydrogen-bond acceptors (Lipinski definition) is 3. The van der Waals surface area contributed by atoms with Crippen molar-refractivity contribution in [2.45, 2.75) is 0 Å². The highest BCUT2D eigenvalue weighted by Gasteiger charge is 2.08. The first-order chi connectivity index (χ1) is 6.52. The van der Waals surface area contributed by atoms with Crippen molar-refractivity contribution in [3.8, 4) is 0 Å². The van der Waals surface area contributed by atoms with Gasteiger partial charge in [0.25, 0.3) is 5.91 Å². The molecule has 0 fully saturated rings. The molecule has 0 atom stereocenters. The predicted octanol–water partition coefficient (Wildman–Crippen LogP) is 0.849. The lowest BCUT2D eigenvalue weighted by Crippen LogP contribution is -2.22. The zero-order valence-corrected chi connectivity index (χ0v) is 8.98. The molecule has 0 N–H and O–H groups in total. The summed E-state index contributed by atoms with van der Waals surface area (Å²) >= 11 is 0. The Labute approximate surface area is 84.2 Å². The van der Waals surface area contributed by atoms with Gasteiger partial charge in [0.05, 0.1) is 0 Å². The summed E-state index contributed by atoms with van der Waals surface area (Å²) in [6.07, 6.45) is 1.64. The third-order valence-electron chi connectivity index (χ3n) is 1.86. The lowest BCUT2D eigenvalue weighted by atomic mass is 10.2. The molecule has 76 valence electrons. The zero-order chi connectivity index (χ0) is 10.7. The quantitative estimate of drug-likeness (QED) is 0.698. The van der Waals surface area contributed by atoms with E-state index in [4.69, 9.17) is 0 Å². The molecule has 0 aromatic carbocycles. The van der Waals surface area contributed by atoms with Crippen LogP contribution in [0.25, 0.3) is 0 Å². The van der Waals surface area contributed by atoms with E-state index < -0.39 is 0 Å². The van der Waals surface area contributed by atoms with Gasteiger partial charge in [-0.25, -0.2) is 4.98 Å². The van der Waals surface area contributed by atoms with E-state index in [2.05, 4.69) is 4.98 Å². The number of carbonyl (C=O) groups is 1. The maximum absolute atomic E-state index is 11.6. The second kappa shape index (κ2) is 4.09. The van der Waals surface area contributed by atoms with Crippen LogP contribution in [0.4, 0.5) is 5.82 Å². The Morgan fingerprint density at radius 3 is 2.43 bits per heavy atom. The van der Waals surface area contributed by atoms with Crippen LogP contribution in [0.5, 0.6) is 0 Å². The Hall–Kier alpha value is -1.58. The summed E-state index contributed by atoms with van der Waals surface area (Å²) in [7, 11) is 7.26. The van der Waals surface area contributed by atoms with E-state index in [0.717, 1.165) is 5.82 Å². The summed E-state index contributed by atoms with van der Waals surface area (Å²) in [4.78, 5) is 19.2. The highest BCUT2D eigenvalue weighted by molar-refractivity contribution is 5.94. The van der Waals surface area contributed by atoms with E-state index in [-0.39, 0.29) is 5.91 Å². The minimum atomic E-state index is -0.00417. The van der Waals surface area contributed by atoms with Crippen LogP contribution in [-0.4, -0.2) is 44.0 Å². The van der Waals surface area contributed by atoms with Crippen molar-refractivity contribution in [3.63, 3.8) is 0 Å². The Morgan fingerprint density at radius 2 is 1.93 bits per heavy atom. The van der Waals surface area contributed by atoms with Crippen molar-refractivity contribution in [1.29, 1.82) is 0 Å². The molecule has 1 amide bonds. The minimum absolute atomic E-state index is 0.00417. The SMILES string of the molecule is CN(C)C(=O)c1ccnc(N(C)C)c1. The molecule has 0 saturated heterocycles. The number of nitrogens with zero attached hydrogens (tertiary/aromatic N) is 3. The minimum Gasteiger partial charge on any atom is -0.363 e. The fourth-order valence-corrected chi connectivity index (χ4v) is 1.05. The smallest absolute Gasteiger partial charge is 0.253 e. The van der Waals surface area contributed by atoms with Crippen LogP contribution < -0.4 is 4.90 Å². The number of pyridine rings is 1. The lowest BCUT2D eigenvalue weighted by molar-refractivity contribution is 0.0827. The van der Waals surface area contributed by atoms with E-state index >= 15 is 0 Å². The van der Waals surface area contributed by atoms with Gasteiger partial charge in [-0.1, -0.05) is 0 Å². The fourth-order valence-electron chi connectivity index (χ4n) is 1.05. The molecule has 1 heterocycles. The van der Waals surface area contributed by atoms with Gasteiger partial charge in [0.15, 0.2) is 0 Å². The number of carbonyl (C=O) groups excluding carboxylic acids is 1. The maximum atomic E-state index is 11.6. The van der Waals surface area contributed by atoms with Crippen LogP contribution in [0, 0.1) is 0 Å². The van der Waals surface area contributed by atoms with E-state index in [0.29, 0.717) is 5.56 Å². The average Bonchev–Trinajstić information content (AvgIpc) is 2.16. The maximum Gasteiger partial charge on any atom is 0.253 e. The summed E-state index contributed by atoms with van der Waals surface area (Å²) in [5.74, 6) is 0.785. The zero-order valence-electron chi connectivity index (χ0n) is 8.98. The van der Waals surface area contributed by atoms with Gasteiger partial charge in [-0.05, 0) is 12.1 Å². The molecule has 14 heavy (non-hydrogen) atoms. The molecular formula is C10H15N3O. The number of anilines is 1. The van der Waals surface area contributed by atoms with Gasteiger partial charge in [0.2, 0.25) is 0 Å². The van der Waals surface area contributed by atoms with E-state index in [1.54, 1.807) is 37.3 Å². The Kier molecular flexibility index (Phi) is 3.06. The van der Waals surface area contributed by atoms with E-state index in [1.807, 2.05) is 19.0 Å². The summed E-state index contributed by atoms with van der Waals surface area (Å²) in [5.41, 5.74) is 0.661. The molecule has 4 heteroatoms. The first-order valence-corrected chi connectivity index (χ1v) is 4.37. The topological polar surface area (TPSA) is 36.4 Å². The molecule has 1 rings (SSSR count). The van der Waals surface area contributed by atoms with Crippen LogP contribution in [0.15, 0.2) is 18.3 Å². The van der Waals surface area contributed by atoms with Gasteiger partial charge in [0, 0.05) is 40.0 Å². The second-order valence-electron chi connectivity index (χ2n) is 3.50. The van der Waals surface area contributed by atoms with Gasteiger partial charge in [-0.15, -0.1) is 0 Å². The van der Waals surface area contributed by atoms with Crippen LogP contribution in [-0.2, 0) is 0 Å². The van der Waals surface area contributed by atoms with Crippen molar-refractivity contribution in [1.82, 2.24) is 9.88 Å². The third-order valence-corrected chi connectivity index (χ3v) is 1.86. The molecular weight excluding hydrogens is 178 g/mol. The first-order valence-electron chi connectivity index (χ1n) is 4.37. The Balaban J connectivity index is 3.00. The molecule has 0 spiro atoms. The normalized spacial score (nSPS) is 9.71. The number of hydrogen-bond donors (Lipinski definition) is 0. The van der Waals surface area contributed by atoms with Crippen LogP contribution in [0.3, 0.4) is 0 Å².